The van der Waals surface area contributed by atoms with Crippen molar-refractivity contribution < 1.29 is 59.3 Å². The predicted octanol–water partition coefficient (Wildman–Crippen LogP) is 0.724. The number of aromatic hydroxyl groups is 2. The first-order chi connectivity index (χ1) is 26.7. The van der Waals surface area contributed by atoms with Gasteiger partial charge in [-0.15, -0.1) is 0 Å². The number of fused-ring (bicyclic) bond motifs is 3. The van der Waals surface area contributed by atoms with Gasteiger partial charge >= 0.3 is 0 Å². The number of rotatable bonds is 9. The summed E-state index contributed by atoms with van der Waals surface area (Å²) in [5, 5.41) is 70.9. The lowest BCUT2D eigenvalue weighted by molar-refractivity contribution is -0.121. The van der Waals surface area contributed by atoms with Crippen molar-refractivity contribution in [2.75, 3.05) is 11.5 Å². The molecule has 0 saturated heterocycles. The number of imide groups is 1. The van der Waals surface area contributed by atoms with Crippen molar-refractivity contribution in [1.82, 2.24) is 5.43 Å². The minimum Gasteiger partial charge on any atom is -0.507 e. The average Bonchev–Trinajstić information content (AvgIpc) is 3.50. The molecule has 3 aliphatic carbocycles. The third-order valence-corrected chi connectivity index (χ3v) is 11.1. The van der Waals surface area contributed by atoms with E-state index in [9.17, 15) is 54.6 Å². The molecule has 4 unspecified atom stereocenters. The lowest BCUT2D eigenvalue weighted by atomic mass is 9.71. The van der Waals surface area contributed by atoms with Crippen molar-refractivity contribution in [3.05, 3.63) is 99.1 Å². The largest absolute Gasteiger partial charge is 0.507 e. The van der Waals surface area contributed by atoms with Gasteiger partial charge in [-0.1, -0.05) is 37.3 Å². The highest BCUT2D eigenvalue weighted by Gasteiger charge is 2.49. The van der Waals surface area contributed by atoms with Crippen LogP contribution in [0.3, 0.4) is 0 Å². The van der Waals surface area contributed by atoms with Gasteiger partial charge in [0.25, 0.3) is 11.8 Å². The number of phenolic OH excluding ortho intramolecular Hbond substituents is 2. The van der Waals surface area contributed by atoms with E-state index in [4.69, 9.17) is 10.5 Å². The molecule has 4 aliphatic rings. The number of aliphatic hydroxyl groups excluding tert-OH is 3. The van der Waals surface area contributed by atoms with Gasteiger partial charge in [-0.05, 0) is 42.0 Å². The monoisotopic (exact) mass is 768 g/mol. The fourth-order valence-corrected chi connectivity index (χ4v) is 8.24. The third kappa shape index (κ3) is 6.59. The number of aliphatic hydroxyl groups is 4. The van der Waals surface area contributed by atoms with E-state index in [1.807, 2.05) is 0 Å². The van der Waals surface area contributed by atoms with Crippen LogP contribution in [0.1, 0.15) is 86.4 Å². The molecule has 0 bridgehead atoms. The third-order valence-electron chi connectivity index (χ3n) is 11.1. The van der Waals surface area contributed by atoms with E-state index in [1.54, 1.807) is 19.1 Å². The maximum absolute atomic E-state index is 14.0. The number of nitrogens with one attached hydrogen (secondary N) is 1. The summed E-state index contributed by atoms with van der Waals surface area (Å²) in [6.45, 7) is 0.322. The molecule has 16 heteroatoms. The smallest absolute Gasteiger partial charge is 0.258 e. The number of hydrazone groups is 1. The molecule has 292 valence electrons. The number of hydrogen-bond acceptors (Lipinski definition) is 14. The molecule has 3 aromatic carbocycles. The molecular formula is C40H40N4O12. The van der Waals surface area contributed by atoms with Gasteiger partial charge in [0, 0.05) is 53.3 Å². The molecule has 3 aromatic rings. The molecule has 0 aromatic heterocycles. The van der Waals surface area contributed by atoms with E-state index in [0.717, 1.165) is 17.1 Å². The summed E-state index contributed by atoms with van der Waals surface area (Å²) in [5.41, 5.74) is 5.50. The highest BCUT2D eigenvalue weighted by atomic mass is 16.5. The molecule has 56 heavy (non-hydrogen) atoms. The second-order valence-corrected chi connectivity index (χ2v) is 14.7. The quantitative estimate of drug-likeness (QED) is 0.0506. The number of carbonyl (C=O) groups is 5. The summed E-state index contributed by atoms with van der Waals surface area (Å²) in [5.74, 6) is -4.94. The summed E-state index contributed by atoms with van der Waals surface area (Å²) in [7, 11) is 0. The van der Waals surface area contributed by atoms with Gasteiger partial charge in [-0.25, -0.2) is 10.3 Å². The molecule has 1 heterocycles. The van der Waals surface area contributed by atoms with Crippen LogP contribution in [0.5, 0.6) is 11.5 Å². The minimum atomic E-state index is -2.16. The standard InChI is InChI=1S/C40H40N4O12/c1-18-11-22(13-25(41)35(18)50)56-26-15-40(55,27(17-46)42-43-28(47)12-19-5-7-21(8-6-19)44-29(48)9-10-30(44)49)14-24-32(26)39(54)34-33(37(24)52)36(51)23-4-2-3-20(16-45)31(23)38(34)53/h2-10,18,22,25-26,35,45-46,50,52,54-55H,11-17,41H2,1H3,(H,43,47)/b42-27+/t18?,22?,25?,26-,35?,40-/m0/s1. The van der Waals surface area contributed by atoms with E-state index in [2.05, 4.69) is 10.5 Å². The number of benzene rings is 3. The van der Waals surface area contributed by atoms with Gasteiger partial charge in [0.2, 0.25) is 5.91 Å². The molecule has 9 N–H and O–H groups in total. The first kappa shape index (κ1) is 38.6. The second-order valence-electron chi connectivity index (χ2n) is 14.7. The normalized spacial score (nSPS) is 25.9. The lowest BCUT2D eigenvalue weighted by Gasteiger charge is -2.43. The van der Waals surface area contributed by atoms with Crippen molar-refractivity contribution in [3.8, 4) is 11.5 Å². The number of nitrogens with two attached hydrogens (primary N) is 1. The molecule has 1 fully saturated rings. The molecule has 3 amide bonds. The van der Waals surface area contributed by atoms with Crippen LogP contribution in [0, 0.1) is 5.92 Å². The van der Waals surface area contributed by atoms with Crippen LogP contribution in [-0.2, 0) is 38.6 Å². The van der Waals surface area contributed by atoms with Crippen molar-refractivity contribution in [2.45, 2.75) is 75.6 Å². The van der Waals surface area contributed by atoms with Gasteiger partial charge in [0.1, 0.15) is 17.1 Å². The fourth-order valence-electron chi connectivity index (χ4n) is 8.24. The predicted molar refractivity (Wildman–Crippen MR) is 197 cm³/mol. The topological polar surface area (TPSA) is 270 Å². The molecule has 0 spiro atoms. The van der Waals surface area contributed by atoms with Crippen LogP contribution < -0.4 is 16.1 Å². The summed E-state index contributed by atoms with van der Waals surface area (Å²) >= 11 is 0. The Labute approximate surface area is 319 Å². The van der Waals surface area contributed by atoms with Crippen LogP contribution in [0.15, 0.2) is 59.7 Å². The van der Waals surface area contributed by atoms with Crippen LogP contribution in [0.4, 0.5) is 5.69 Å². The lowest BCUT2D eigenvalue weighted by Crippen LogP contribution is -2.50. The Morgan fingerprint density at radius 1 is 0.964 bits per heavy atom. The van der Waals surface area contributed by atoms with E-state index in [1.165, 1.54) is 30.3 Å². The van der Waals surface area contributed by atoms with E-state index in [0.29, 0.717) is 17.7 Å². The number of carbonyl (C=O) groups excluding carboxylic acids is 5. The van der Waals surface area contributed by atoms with Crippen molar-refractivity contribution >= 4 is 40.7 Å². The number of hydrogen-bond donors (Lipinski definition) is 8. The first-order valence-corrected chi connectivity index (χ1v) is 18.0. The Morgan fingerprint density at radius 2 is 1.64 bits per heavy atom. The average molecular weight is 769 g/mol. The molecule has 0 radical (unpaired) electrons. The van der Waals surface area contributed by atoms with E-state index < -0.39 is 108 Å². The van der Waals surface area contributed by atoms with Crippen molar-refractivity contribution in [2.24, 2.45) is 16.8 Å². The van der Waals surface area contributed by atoms with Crippen LogP contribution in [-0.4, -0.2) is 96.1 Å². The molecule has 16 nitrogen and oxygen atoms in total. The fraction of sp³-hybridized carbons (Fsp3) is 0.350. The zero-order chi connectivity index (χ0) is 40.2. The van der Waals surface area contributed by atoms with Gasteiger partial charge in [0.15, 0.2) is 11.6 Å². The molecule has 6 atom stereocenters. The van der Waals surface area contributed by atoms with E-state index in [-0.39, 0.29) is 52.3 Å². The highest BCUT2D eigenvalue weighted by molar-refractivity contribution is 6.31. The maximum Gasteiger partial charge on any atom is 0.258 e. The van der Waals surface area contributed by atoms with E-state index >= 15 is 0 Å². The molecule has 7 rings (SSSR count). The minimum absolute atomic E-state index is 0.0813. The van der Waals surface area contributed by atoms with Crippen LogP contribution in [0.2, 0.25) is 0 Å². The Balaban J connectivity index is 1.22. The Morgan fingerprint density at radius 3 is 2.29 bits per heavy atom. The summed E-state index contributed by atoms with van der Waals surface area (Å²) in [4.78, 5) is 65.9. The Hall–Kier alpha value is -5.62. The number of amides is 3. The molecule has 1 aliphatic heterocycles. The summed E-state index contributed by atoms with van der Waals surface area (Å²) in [6.07, 6.45) is -1.13. The zero-order valence-electron chi connectivity index (χ0n) is 30.1. The van der Waals surface area contributed by atoms with Gasteiger partial charge in [-0.2, -0.15) is 5.10 Å². The van der Waals surface area contributed by atoms with Crippen LogP contribution >= 0.6 is 0 Å². The number of ether oxygens (including phenoxy) is 1. The number of phenols is 2. The van der Waals surface area contributed by atoms with Gasteiger partial charge < -0.3 is 41.1 Å². The number of ketones is 2. The van der Waals surface area contributed by atoms with Gasteiger partial charge in [-0.3, -0.25) is 24.0 Å². The Bertz CT molecular complexity index is 2200. The first-order valence-electron chi connectivity index (χ1n) is 18.0. The summed E-state index contributed by atoms with van der Waals surface area (Å²) < 4.78 is 6.47. The Kier molecular flexibility index (Phi) is 10.2. The molecule has 1 saturated carbocycles. The van der Waals surface area contributed by atoms with Crippen LogP contribution in [0.25, 0.3) is 0 Å². The van der Waals surface area contributed by atoms with Gasteiger partial charge in [0.05, 0.1) is 60.5 Å². The van der Waals surface area contributed by atoms with Crippen molar-refractivity contribution in [1.29, 1.82) is 0 Å². The number of anilines is 1. The van der Waals surface area contributed by atoms with Crippen molar-refractivity contribution in [3.63, 3.8) is 0 Å². The zero-order valence-corrected chi connectivity index (χ0v) is 30.1. The number of nitrogens with zero attached hydrogens (tertiary/aromatic N) is 2. The second kappa shape index (κ2) is 14.8. The SMILES string of the molecule is CC1CC(O[C@H]2C[C@](O)(/C(CO)=N/NC(=O)Cc3ccc(N4C(=O)C=CC4=O)cc3)Cc3c(O)c4c(c(O)c32)C(=O)c2c(CO)cccc2C4=O)CC(N)C1O. The molecular weight excluding hydrogens is 728 g/mol. The maximum atomic E-state index is 14.0. The highest BCUT2D eigenvalue weighted by Crippen LogP contribution is 2.52. The summed E-state index contributed by atoms with van der Waals surface area (Å²) in [6, 6.07) is 9.70.